The molecule has 9 nitrogen and oxygen atoms in total. The fourth-order valence-corrected chi connectivity index (χ4v) is 4.67. The van der Waals surface area contributed by atoms with Gasteiger partial charge in [-0.3, -0.25) is 9.59 Å². The van der Waals surface area contributed by atoms with E-state index in [0.717, 1.165) is 5.56 Å². The fraction of sp³-hybridized carbons (Fsp3) is 0.333. The Kier molecular flexibility index (Phi) is 7.61. The second-order valence-corrected chi connectivity index (χ2v) is 8.74. The molecule has 166 valence electrons. The molecule has 0 radical (unpaired) electrons. The number of hydrogen-bond acceptors (Lipinski definition) is 6. The molecule has 2 N–H and O–H groups in total. The summed E-state index contributed by atoms with van der Waals surface area (Å²) in [6.07, 6.45) is -0.385. The Morgan fingerprint density at radius 2 is 1.74 bits per heavy atom. The lowest BCUT2D eigenvalue weighted by Crippen LogP contribution is -2.53. The standard InChI is InChI=1S/C21H25N3O6S/c1-29-17-8-10-18(11-9-17)31(27,28)24-12-5-13-30-19(24)15-23-21(26)20(25)22-14-16-6-3-2-4-7-16/h2-4,6-11,19H,5,12-15H2,1H3,(H,22,25)(H,23,26). The average molecular weight is 448 g/mol. The number of rotatable bonds is 7. The Labute approximate surface area is 181 Å². The van der Waals surface area contributed by atoms with Gasteiger partial charge in [0.15, 0.2) is 0 Å². The van der Waals surface area contributed by atoms with Gasteiger partial charge < -0.3 is 20.1 Å². The number of amides is 2. The number of methoxy groups -OCH3 is 1. The minimum atomic E-state index is -3.85. The summed E-state index contributed by atoms with van der Waals surface area (Å²) in [5, 5.41) is 4.99. The Hall–Kier alpha value is -2.95. The van der Waals surface area contributed by atoms with Crippen LogP contribution in [0.4, 0.5) is 0 Å². The normalized spacial score (nSPS) is 17.0. The Morgan fingerprint density at radius 1 is 1.06 bits per heavy atom. The van der Waals surface area contributed by atoms with E-state index in [-0.39, 0.29) is 24.5 Å². The highest BCUT2D eigenvalue weighted by Gasteiger charge is 2.35. The SMILES string of the molecule is COc1ccc(S(=O)(=O)N2CCCOC2CNC(=O)C(=O)NCc2ccccc2)cc1. The van der Waals surface area contributed by atoms with Crippen LogP contribution in [-0.2, 0) is 30.9 Å². The van der Waals surface area contributed by atoms with Crippen LogP contribution in [0.25, 0.3) is 0 Å². The van der Waals surface area contributed by atoms with Crippen molar-refractivity contribution in [3.8, 4) is 5.75 Å². The summed E-state index contributed by atoms with van der Waals surface area (Å²) in [5.74, 6) is -1.12. The van der Waals surface area contributed by atoms with Gasteiger partial charge in [-0.25, -0.2) is 8.42 Å². The van der Waals surface area contributed by atoms with Gasteiger partial charge in [0.1, 0.15) is 12.0 Å². The smallest absolute Gasteiger partial charge is 0.309 e. The summed E-state index contributed by atoms with van der Waals surface area (Å²) in [6.45, 7) is 0.669. The summed E-state index contributed by atoms with van der Waals surface area (Å²) in [5.41, 5.74) is 0.857. The maximum atomic E-state index is 13.0. The molecule has 1 saturated heterocycles. The highest BCUT2D eigenvalue weighted by Crippen LogP contribution is 2.23. The minimum Gasteiger partial charge on any atom is -0.497 e. The monoisotopic (exact) mass is 447 g/mol. The van der Waals surface area contributed by atoms with E-state index in [2.05, 4.69) is 10.6 Å². The zero-order valence-electron chi connectivity index (χ0n) is 17.1. The van der Waals surface area contributed by atoms with Crippen molar-refractivity contribution < 1.29 is 27.5 Å². The third-order valence-corrected chi connectivity index (χ3v) is 6.66. The van der Waals surface area contributed by atoms with Crippen molar-refractivity contribution in [1.29, 1.82) is 0 Å². The van der Waals surface area contributed by atoms with E-state index in [0.29, 0.717) is 18.8 Å². The molecule has 3 rings (SSSR count). The second kappa shape index (κ2) is 10.4. The lowest BCUT2D eigenvalue weighted by Gasteiger charge is -2.34. The second-order valence-electron chi connectivity index (χ2n) is 6.85. The van der Waals surface area contributed by atoms with Gasteiger partial charge in [0.25, 0.3) is 0 Å². The van der Waals surface area contributed by atoms with Crippen molar-refractivity contribution in [3.63, 3.8) is 0 Å². The number of nitrogens with zero attached hydrogens (tertiary/aromatic N) is 1. The first-order valence-electron chi connectivity index (χ1n) is 9.79. The third kappa shape index (κ3) is 5.81. The summed E-state index contributed by atoms with van der Waals surface area (Å²) >= 11 is 0. The van der Waals surface area contributed by atoms with Crippen LogP contribution in [0.1, 0.15) is 12.0 Å². The topological polar surface area (TPSA) is 114 Å². The van der Waals surface area contributed by atoms with Crippen molar-refractivity contribution >= 4 is 21.8 Å². The van der Waals surface area contributed by atoms with E-state index in [1.807, 2.05) is 30.3 Å². The molecule has 0 saturated carbocycles. The summed E-state index contributed by atoms with van der Waals surface area (Å²) in [7, 11) is -2.35. The third-order valence-electron chi connectivity index (χ3n) is 4.76. The highest BCUT2D eigenvalue weighted by molar-refractivity contribution is 7.89. The zero-order chi connectivity index (χ0) is 22.3. The fourth-order valence-electron chi connectivity index (χ4n) is 3.10. The van der Waals surface area contributed by atoms with E-state index >= 15 is 0 Å². The number of hydrogen-bond donors (Lipinski definition) is 2. The molecule has 10 heteroatoms. The molecule has 1 unspecified atom stereocenters. The maximum absolute atomic E-state index is 13.0. The molecule has 1 heterocycles. The van der Waals surface area contributed by atoms with Gasteiger partial charge in [-0.1, -0.05) is 30.3 Å². The number of carbonyl (C=O) groups excluding carboxylic acids is 2. The molecule has 31 heavy (non-hydrogen) atoms. The van der Waals surface area contributed by atoms with Crippen LogP contribution in [0.15, 0.2) is 59.5 Å². The maximum Gasteiger partial charge on any atom is 0.309 e. The molecule has 0 spiro atoms. The van der Waals surface area contributed by atoms with E-state index in [1.54, 1.807) is 12.1 Å². The van der Waals surface area contributed by atoms with Crippen LogP contribution < -0.4 is 15.4 Å². The molecular formula is C21H25N3O6S. The first kappa shape index (κ1) is 22.7. The van der Waals surface area contributed by atoms with Crippen LogP contribution in [0.5, 0.6) is 5.75 Å². The van der Waals surface area contributed by atoms with Crippen LogP contribution in [-0.4, -0.2) is 57.6 Å². The number of benzene rings is 2. The molecule has 1 aliphatic heterocycles. The number of sulfonamides is 1. The average Bonchev–Trinajstić information content (AvgIpc) is 2.81. The number of nitrogens with one attached hydrogen (secondary N) is 2. The predicted molar refractivity (Wildman–Crippen MR) is 113 cm³/mol. The van der Waals surface area contributed by atoms with E-state index < -0.39 is 28.1 Å². The molecule has 1 fully saturated rings. The zero-order valence-corrected chi connectivity index (χ0v) is 17.9. The molecule has 1 aliphatic rings. The van der Waals surface area contributed by atoms with Crippen LogP contribution in [0.3, 0.4) is 0 Å². The summed E-state index contributed by atoms with van der Waals surface area (Å²) in [4.78, 5) is 24.3. The molecular weight excluding hydrogens is 422 g/mol. The lowest BCUT2D eigenvalue weighted by atomic mass is 10.2. The van der Waals surface area contributed by atoms with Crippen LogP contribution >= 0.6 is 0 Å². The summed E-state index contributed by atoms with van der Waals surface area (Å²) in [6, 6.07) is 15.2. The van der Waals surface area contributed by atoms with Gasteiger partial charge in [-0.2, -0.15) is 4.31 Å². The molecule has 0 aromatic heterocycles. The lowest BCUT2D eigenvalue weighted by molar-refractivity contribution is -0.140. The van der Waals surface area contributed by atoms with Gasteiger partial charge in [-0.15, -0.1) is 0 Å². The molecule has 0 aliphatic carbocycles. The molecule has 0 bridgehead atoms. The Balaban J connectivity index is 1.59. The molecule has 2 amide bonds. The summed E-state index contributed by atoms with van der Waals surface area (Å²) < 4.78 is 37.9. The van der Waals surface area contributed by atoms with Gasteiger partial charge in [0, 0.05) is 13.1 Å². The number of ether oxygens (including phenoxy) is 2. The molecule has 2 aromatic carbocycles. The highest BCUT2D eigenvalue weighted by atomic mass is 32.2. The molecule has 2 aromatic rings. The van der Waals surface area contributed by atoms with Gasteiger partial charge in [-0.05, 0) is 36.2 Å². The van der Waals surface area contributed by atoms with Crippen molar-refractivity contribution in [2.24, 2.45) is 0 Å². The van der Waals surface area contributed by atoms with Gasteiger partial charge >= 0.3 is 11.8 Å². The first-order valence-corrected chi connectivity index (χ1v) is 11.2. The quantitative estimate of drug-likeness (QED) is 0.609. The van der Waals surface area contributed by atoms with Gasteiger partial charge in [0.2, 0.25) is 10.0 Å². The predicted octanol–water partition coefficient (Wildman–Crippen LogP) is 0.865. The van der Waals surface area contributed by atoms with Crippen molar-refractivity contribution in [2.45, 2.75) is 24.1 Å². The Bertz CT molecular complexity index is 996. The van der Waals surface area contributed by atoms with Crippen LogP contribution in [0.2, 0.25) is 0 Å². The van der Waals surface area contributed by atoms with Crippen molar-refractivity contribution in [3.05, 3.63) is 60.2 Å². The minimum absolute atomic E-state index is 0.0933. The van der Waals surface area contributed by atoms with E-state index in [9.17, 15) is 18.0 Å². The van der Waals surface area contributed by atoms with E-state index in [4.69, 9.17) is 9.47 Å². The van der Waals surface area contributed by atoms with E-state index in [1.165, 1.54) is 23.5 Å². The molecule has 1 atom stereocenters. The number of carbonyl (C=O) groups is 2. The first-order chi connectivity index (χ1) is 14.9. The van der Waals surface area contributed by atoms with Crippen molar-refractivity contribution in [1.82, 2.24) is 14.9 Å². The Morgan fingerprint density at radius 3 is 2.42 bits per heavy atom. The largest absolute Gasteiger partial charge is 0.497 e. The van der Waals surface area contributed by atoms with Crippen LogP contribution in [0, 0.1) is 0 Å². The van der Waals surface area contributed by atoms with Crippen molar-refractivity contribution in [2.75, 3.05) is 26.8 Å². The van der Waals surface area contributed by atoms with Gasteiger partial charge in [0.05, 0.1) is 25.2 Å².